The van der Waals surface area contributed by atoms with Gasteiger partial charge in [0.15, 0.2) is 0 Å². The molecule has 0 saturated carbocycles. The molecule has 6 heteroatoms. The highest BCUT2D eigenvalue weighted by Crippen LogP contribution is 2.21. The van der Waals surface area contributed by atoms with Gasteiger partial charge in [-0.2, -0.15) is 0 Å². The maximum absolute atomic E-state index is 12.2. The average molecular weight is 323 g/mol. The molecule has 6 nitrogen and oxygen atoms in total. The van der Waals surface area contributed by atoms with Gasteiger partial charge in [0.2, 0.25) is 5.89 Å². The number of amides is 1. The third-order valence-electron chi connectivity index (χ3n) is 3.58. The van der Waals surface area contributed by atoms with Crippen LogP contribution in [0.5, 0.6) is 5.75 Å². The largest absolute Gasteiger partial charge is 0.497 e. The summed E-state index contributed by atoms with van der Waals surface area (Å²) in [6.07, 6.45) is 0.948. The molecular formula is C18H17N3O3. The fourth-order valence-electron chi connectivity index (χ4n) is 2.17. The van der Waals surface area contributed by atoms with Crippen molar-refractivity contribution in [3.8, 4) is 17.2 Å². The van der Waals surface area contributed by atoms with Gasteiger partial charge in [-0.15, -0.1) is 10.2 Å². The zero-order chi connectivity index (χ0) is 16.9. The van der Waals surface area contributed by atoms with E-state index < -0.39 is 5.91 Å². The first kappa shape index (κ1) is 15.7. The molecule has 122 valence electrons. The smallest absolute Gasteiger partial charge is 0.313 e. The third kappa shape index (κ3) is 3.43. The molecule has 0 fully saturated rings. The van der Waals surface area contributed by atoms with E-state index in [1.165, 1.54) is 5.56 Å². The van der Waals surface area contributed by atoms with Gasteiger partial charge in [0.05, 0.1) is 7.11 Å². The zero-order valence-electron chi connectivity index (χ0n) is 13.4. The van der Waals surface area contributed by atoms with Gasteiger partial charge in [0, 0.05) is 11.3 Å². The molecule has 3 rings (SSSR count). The molecule has 0 unspecified atom stereocenters. The number of hydrogen-bond donors (Lipinski definition) is 1. The molecule has 0 bridgehead atoms. The SMILES string of the molecule is CCc1ccc(NC(=O)c2nnc(-c3ccc(OC)cc3)o2)cc1. The fraction of sp³-hybridized carbons (Fsp3) is 0.167. The van der Waals surface area contributed by atoms with Crippen LogP contribution >= 0.6 is 0 Å². The van der Waals surface area contributed by atoms with Crippen LogP contribution in [0.2, 0.25) is 0 Å². The lowest BCUT2D eigenvalue weighted by Crippen LogP contribution is -2.12. The maximum Gasteiger partial charge on any atom is 0.313 e. The summed E-state index contributed by atoms with van der Waals surface area (Å²) in [6, 6.07) is 14.8. The van der Waals surface area contributed by atoms with Crippen molar-refractivity contribution in [1.29, 1.82) is 0 Å². The van der Waals surface area contributed by atoms with E-state index in [2.05, 4.69) is 22.4 Å². The Bertz CT molecular complexity index is 823. The van der Waals surface area contributed by atoms with E-state index in [4.69, 9.17) is 9.15 Å². The molecule has 0 aliphatic heterocycles. The van der Waals surface area contributed by atoms with Gasteiger partial charge < -0.3 is 14.5 Å². The van der Waals surface area contributed by atoms with E-state index in [9.17, 15) is 4.79 Å². The average Bonchev–Trinajstić information content (AvgIpc) is 3.13. The minimum Gasteiger partial charge on any atom is -0.497 e. The highest BCUT2D eigenvalue weighted by atomic mass is 16.5. The number of carbonyl (C=O) groups excluding carboxylic acids is 1. The van der Waals surface area contributed by atoms with Gasteiger partial charge in [-0.3, -0.25) is 4.79 Å². The van der Waals surface area contributed by atoms with Crippen molar-refractivity contribution in [2.45, 2.75) is 13.3 Å². The highest BCUT2D eigenvalue weighted by Gasteiger charge is 2.16. The van der Waals surface area contributed by atoms with Crippen molar-refractivity contribution >= 4 is 11.6 Å². The first-order valence-corrected chi connectivity index (χ1v) is 7.58. The summed E-state index contributed by atoms with van der Waals surface area (Å²) in [5.41, 5.74) is 2.60. The Morgan fingerprint density at radius 2 is 1.79 bits per heavy atom. The lowest BCUT2D eigenvalue weighted by Gasteiger charge is -2.03. The van der Waals surface area contributed by atoms with Crippen molar-refractivity contribution in [1.82, 2.24) is 10.2 Å². The lowest BCUT2D eigenvalue weighted by molar-refractivity contribution is 0.0991. The number of rotatable bonds is 5. The summed E-state index contributed by atoms with van der Waals surface area (Å²) in [7, 11) is 1.59. The van der Waals surface area contributed by atoms with Crippen LogP contribution in [0.15, 0.2) is 52.9 Å². The topological polar surface area (TPSA) is 77.2 Å². The van der Waals surface area contributed by atoms with Crippen molar-refractivity contribution in [3.63, 3.8) is 0 Å². The highest BCUT2D eigenvalue weighted by molar-refractivity contribution is 6.00. The van der Waals surface area contributed by atoms with Crippen molar-refractivity contribution in [2.75, 3.05) is 12.4 Å². The third-order valence-corrected chi connectivity index (χ3v) is 3.58. The Hall–Kier alpha value is -3.15. The Labute approximate surface area is 139 Å². The second-order valence-electron chi connectivity index (χ2n) is 5.15. The van der Waals surface area contributed by atoms with E-state index in [0.717, 1.165) is 17.7 Å². The molecule has 0 aliphatic rings. The molecule has 24 heavy (non-hydrogen) atoms. The zero-order valence-corrected chi connectivity index (χ0v) is 13.4. The molecule has 0 radical (unpaired) electrons. The standard InChI is InChI=1S/C18H17N3O3/c1-3-12-4-8-14(9-5-12)19-16(22)18-21-20-17(24-18)13-6-10-15(23-2)11-7-13/h4-11H,3H2,1-2H3,(H,19,22). The van der Waals surface area contributed by atoms with Gasteiger partial charge in [-0.1, -0.05) is 19.1 Å². The monoisotopic (exact) mass is 323 g/mol. The summed E-state index contributed by atoms with van der Waals surface area (Å²) < 4.78 is 10.5. The van der Waals surface area contributed by atoms with Crippen LogP contribution in [0.4, 0.5) is 5.69 Å². The summed E-state index contributed by atoms with van der Waals surface area (Å²) in [4.78, 5) is 12.2. The van der Waals surface area contributed by atoms with E-state index >= 15 is 0 Å². The predicted molar refractivity (Wildman–Crippen MR) is 90.1 cm³/mol. The molecule has 0 aliphatic carbocycles. The van der Waals surface area contributed by atoms with E-state index in [1.54, 1.807) is 31.4 Å². The van der Waals surface area contributed by atoms with Crippen LogP contribution in [-0.4, -0.2) is 23.2 Å². The number of anilines is 1. The first-order chi connectivity index (χ1) is 11.7. The second-order valence-corrected chi connectivity index (χ2v) is 5.15. The van der Waals surface area contributed by atoms with Crippen molar-refractivity contribution in [3.05, 3.63) is 60.0 Å². The number of nitrogens with one attached hydrogen (secondary N) is 1. The van der Waals surface area contributed by atoms with E-state index in [-0.39, 0.29) is 11.8 Å². The molecular weight excluding hydrogens is 306 g/mol. The van der Waals surface area contributed by atoms with Crippen LogP contribution in [0, 0.1) is 0 Å². The normalized spacial score (nSPS) is 10.4. The Balaban J connectivity index is 1.72. The number of aromatic nitrogens is 2. The summed E-state index contributed by atoms with van der Waals surface area (Å²) in [5.74, 6) is 0.489. The minimum absolute atomic E-state index is 0.0830. The summed E-state index contributed by atoms with van der Waals surface area (Å²) >= 11 is 0. The van der Waals surface area contributed by atoms with Crippen LogP contribution in [-0.2, 0) is 6.42 Å². The summed E-state index contributed by atoms with van der Waals surface area (Å²) in [5, 5.41) is 10.5. The Morgan fingerprint density at radius 1 is 1.08 bits per heavy atom. The first-order valence-electron chi connectivity index (χ1n) is 7.58. The fourth-order valence-corrected chi connectivity index (χ4v) is 2.17. The van der Waals surface area contributed by atoms with Gasteiger partial charge >= 0.3 is 11.8 Å². The van der Waals surface area contributed by atoms with Crippen LogP contribution in [0.3, 0.4) is 0 Å². The van der Waals surface area contributed by atoms with Crippen molar-refractivity contribution in [2.24, 2.45) is 0 Å². The maximum atomic E-state index is 12.2. The molecule has 1 amide bonds. The number of methoxy groups -OCH3 is 1. The molecule has 1 aromatic heterocycles. The molecule has 1 heterocycles. The van der Waals surface area contributed by atoms with Crippen LogP contribution < -0.4 is 10.1 Å². The number of aryl methyl sites for hydroxylation is 1. The Morgan fingerprint density at radius 3 is 2.42 bits per heavy atom. The summed E-state index contributed by atoms with van der Waals surface area (Å²) in [6.45, 7) is 2.08. The quantitative estimate of drug-likeness (QED) is 0.777. The molecule has 1 N–H and O–H groups in total. The number of ether oxygens (including phenoxy) is 1. The molecule has 3 aromatic rings. The number of carbonyl (C=O) groups is 1. The second kappa shape index (κ2) is 6.95. The van der Waals surface area contributed by atoms with Gasteiger partial charge in [0.1, 0.15) is 5.75 Å². The lowest BCUT2D eigenvalue weighted by atomic mass is 10.1. The molecule has 0 spiro atoms. The van der Waals surface area contributed by atoms with Crippen LogP contribution in [0.25, 0.3) is 11.5 Å². The predicted octanol–water partition coefficient (Wildman–Crippen LogP) is 3.56. The van der Waals surface area contributed by atoms with Gasteiger partial charge in [-0.05, 0) is 48.4 Å². The Kier molecular flexibility index (Phi) is 4.56. The van der Waals surface area contributed by atoms with Gasteiger partial charge in [0.25, 0.3) is 0 Å². The molecule has 2 aromatic carbocycles. The molecule has 0 saturated heterocycles. The van der Waals surface area contributed by atoms with Gasteiger partial charge in [-0.25, -0.2) is 0 Å². The minimum atomic E-state index is -0.438. The van der Waals surface area contributed by atoms with Crippen LogP contribution in [0.1, 0.15) is 23.2 Å². The van der Waals surface area contributed by atoms with E-state index in [0.29, 0.717) is 5.69 Å². The number of benzene rings is 2. The van der Waals surface area contributed by atoms with Crippen molar-refractivity contribution < 1.29 is 13.9 Å². The van der Waals surface area contributed by atoms with E-state index in [1.807, 2.05) is 24.3 Å². The number of nitrogens with zero attached hydrogens (tertiary/aromatic N) is 2. The number of hydrogen-bond acceptors (Lipinski definition) is 5. The molecule has 0 atom stereocenters.